The number of nitrogens with one attached hydrogen (secondary N) is 3. The second kappa shape index (κ2) is 10.3. The van der Waals surface area contributed by atoms with Crippen LogP contribution in [0.5, 0.6) is 5.75 Å². The van der Waals surface area contributed by atoms with Gasteiger partial charge >= 0.3 is 6.09 Å². The zero-order chi connectivity index (χ0) is 22.1. The van der Waals surface area contributed by atoms with E-state index in [4.69, 9.17) is 4.74 Å². The third-order valence-corrected chi connectivity index (χ3v) is 3.83. The minimum Gasteiger partial charge on any atom is -0.508 e. The first-order valence-electron chi connectivity index (χ1n) is 9.59. The lowest BCUT2D eigenvalue weighted by Gasteiger charge is -2.19. The van der Waals surface area contributed by atoms with Crippen molar-refractivity contribution < 1.29 is 24.2 Å². The summed E-state index contributed by atoms with van der Waals surface area (Å²) in [7, 11) is 0. The summed E-state index contributed by atoms with van der Waals surface area (Å²) in [5.74, 6) is -0.509. The van der Waals surface area contributed by atoms with Gasteiger partial charge in [-0.25, -0.2) is 4.79 Å². The van der Waals surface area contributed by atoms with Gasteiger partial charge in [0, 0.05) is 29.9 Å². The highest BCUT2D eigenvalue weighted by Crippen LogP contribution is 2.13. The molecule has 3 amide bonds. The average molecular weight is 413 g/mol. The van der Waals surface area contributed by atoms with Crippen LogP contribution >= 0.6 is 0 Å². The number of hydrogen-bond donors (Lipinski definition) is 4. The molecule has 0 aliphatic heterocycles. The van der Waals surface area contributed by atoms with Crippen molar-refractivity contribution in [3.05, 3.63) is 59.7 Å². The Morgan fingerprint density at radius 2 is 1.50 bits per heavy atom. The predicted octanol–water partition coefficient (Wildman–Crippen LogP) is 3.29. The Kier molecular flexibility index (Phi) is 7.80. The fourth-order valence-corrected chi connectivity index (χ4v) is 2.47. The number of amides is 3. The van der Waals surface area contributed by atoms with E-state index in [1.165, 1.54) is 12.1 Å². The van der Waals surface area contributed by atoms with Gasteiger partial charge in [-0.2, -0.15) is 0 Å². The highest BCUT2D eigenvalue weighted by Gasteiger charge is 2.16. The van der Waals surface area contributed by atoms with E-state index in [2.05, 4.69) is 16.0 Å². The molecule has 0 saturated carbocycles. The molecule has 0 bridgehead atoms. The van der Waals surface area contributed by atoms with Crippen molar-refractivity contribution in [3.8, 4) is 5.75 Å². The number of rotatable bonds is 7. The average Bonchev–Trinajstić information content (AvgIpc) is 2.66. The Labute approximate surface area is 175 Å². The van der Waals surface area contributed by atoms with Crippen molar-refractivity contribution in [1.29, 1.82) is 0 Å². The number of benzene rings is 2. The molecule has 0 aromatic heterocycles. The number of carbonyl (C=O) groups excluding carboxylic acids is 3. The number of phenols is 1. The largest absolute Gasteiger partial charge is 0.508 e. The minimum atomic E-state index is -0.591. The molecule has 8 nitrogen and oxygen atoms in total. The molecule has 8 heteroatoms. The first-order chi connectivity index (χ1) is 14.1. The highest BCUT2D eigenvalue weighted by molar-refractivity contribution is 5.95. The molecule has 30 heavy (non-hydrogen) atoms. The van der Waals surface area contributed by atoms with Crippen LogP contribution in [0.3, 0.4) is 0 Å². The molecule has 2 rings (SSSR count). The number of anilines is 1. The Balaban J connectivity index is 1.71. The van der Waals surface area contributed by atoms with Gasteiger partial charge in [-0.05, 0) is 69.7 Å². The van der Waals surface area contributed by atoms with Crippen LogP contribution in [0, 0.1) is 0 Å². The summed E-state index contributed by atoms with van der Waals surface area (Å²) < 4.78 is 5.17. The van der Waals surface area contributed by atoms with Crippen LogP contribution in [0.25, 0.3) is 0 Å². The quantitative estimate of drug-likeness (QED) is 0.520. The van der Waals surface area contributed by atoms with Crippen molar-refractivity contribution in [2.75, 3.05) is 18.4 Å². The summed E-state index contributed by atoms with van der Waals surface area (Å²) in [6.07, 6.45) is -0.0124. The van der Waals surface area contributed by atoms with Crippen molar-refractivity contribution in [2.24, 2.45) is 0 Å². The van der Waals surface area contributed by atoms with Crippen molar-refractivity contribution in [3.63, 3.8) is 0 Å². The van der Waals surface area contributed by atoms with Gasteiger partial charge in [0.2, 0.25) is 0 Å². The summed E-state index contributed by atoms with van der Waals surface area (Å²) in [5, 5.41) is 17.5. The van der Waals surface area contributed by atoms with Crippen LogP contribution in [0.4, 0.5) is 10.5 Å². The van der Waals surface area contributed by atoms with Gasteiger partial charge in [-0.3, -0.25) is 14.9 Å². The summed E-state index contributed by atoms with van der Waals surface area (Å²) in [5.41, 5.74) is 0.759. The van der Waals surface area contributed by atoms with Gasteiger partial charge in [0.15, 0.2) is 0 Å². The molecular formula is C22H27N3O5. The van der Waals surface area contributed by atoms with Crippen molar-refractivity contribution in [1.82, 2.24) is 10.6 Å². The second-order valence-corrected chi connectivity index (χ2v) is 7.62. The van der Waals surface area contributed by atoms with E-state index in [0.29, 0.717) is 36.3 Å². The van der Waals surface area contributed by atoms with Crippen LogP contribution in [0.1, 0.15) is 47.9 Å². The Morgan fingerprint density at radius 3 is 2.07 bits per heavy atom. The van der Waals surface area contributed by atoms with Gasteiger partial charge in [-0.15, -0.1) is 0 Å². The lowest BCUT2D eigenvalue weighted by Crippen LogP contribution is -2.30. The summed E-state index contributed by atoms with van der Waals surface area (Å²) in [4.78, 5) is 35.9. The van der Waals surface area contributed by atoms with E-state index in [1.54, 1.807) is 57.2 Å². The van der Waals surface area contributed by atoms with E-state index in [0.717, 1.165) is 0 Å². The van der Waals surface area contributed by atoms with Gasteiger partial charge in [0.05, 0.1) is 0 Å². The third kappa shape index (κ3) is 7.83. The summed E-state index contributed by atoms with van der Waals surface area (Å²) in [6, 6.07) is 12.5. The summed E-state index contributed by atoms with van der Waals surface area (Å²) in [6.45, 7) is 6.10. The molecule has 0 heterocycles. The van der Waals surface area contributed by atoms with Crippen LogP contribution in [0.15, 0.2) is 48.5 Å². The Morgan fingerprint density at radius 1 is 0.900 bits per heavy atom. The van der Waals surface area contributed by atoms with Crippen molar-refractivity contribution >= 4 is 23.6 Å². The van der Waals surface area contributed by atoms with Gasteiger partial charge in [0.25, 0.3) is 11.8 Å². The maximum atomic E-state index is 12.2. The van der Waals surface area contributed by atoms with Crippen molar-refractivity contribution in [2.45, 2.75) is 32.8 Å². The molecule has 0 fully saturated rings. The maximum Gasteiger partial charge on any atom is 0.412 e. The van der Waals surface area contributed by atoms with Gasteiger partial charge < -0.3 is 20.5 Å². The fourth-order valence-electron chi connectivity index (χ4n) is 2.47. The maximum absolute atomic E-state index is 12.2. The number of aromatic hydroxyl groups is 1. The molecule has 0 aliphatic carbocycles. The first kappa shape index (κ1) is 22.7. The van der Waals surface area contributed by atoms with Crippen LogP contribution < -0.4 is 16.0 Å². The normalized spacial score (nSPS) is 10.8. The van der Waals surface area contributed by atoms with E-state index in [-0.39, 0.29) is 17.6 Å². The molecule has 2 aromatic carbocycles. The monoisotopic (exact) mass is 413 g/mol. The SMILES string of the molecule is CC(C)(C)OC(=O)Nc1ccc(C(=O)NCCCNC(=O)c2cccc(O)c2)cc1. The molecule has 2 aromatic rings. The number of ether oxygens (including phenoxy) is 1. The highest BCUT2D eigenvalue weighted by atomic mass is 16.6. The zero-order valence-electron chi connectivity index (χ0n) is 17.3. The van der Waals surface area contributed by atoms with E-state index in [9.17, 15) is 19.5 Å². The Hall–Kier alpha value is -3.55. The van der Waals surface area contributed by atoms with Crippen LogP contribution in [0.2, 0.25) is 0 Å². The smallest absolute Gasteiger partial charge is 0.412 e. The first-order valence-corrected chi connectivity index (χ1v) is 9.59. The fraction of sp³-hybridized carbons (Fsp3) is 0.318. The zero-order valence-corrected chi connectivity index (χ0v) is 17.3. The molecule has 0 saturated heterocycles. The van der Waals surface area contributed by atoms with E-state index in [1.807, 2.05) is 0 Å². The Bertz CT molecular complexity index is 888. The van der Waals surface area contributed by atoms with Gasteiger partial charge in [-0.1, -0.05) is 6.07 Å². The topological polar surface area (TPSA) is 117 Å². The standard InChI is InChI=1S/C22H27N3O5/c1-22(2,3)30-21(29)25-17-10-8-15(9-11-17)19(27)23-12-5-13-24-20(28)16-6-4-7-18(26)14-16/h4,6-11,14,26H,5,12-13H2,1-3H3,(H,23,27)(H,24,28)(H,25,29). The van der Waals surface area contributed by atoms with Crippen LogP contribution in [-0.2, 0) is 4.74 Å². The number of phenolic OH excluding ortho intramolecular Hbond substituents is 1. The van der Waals surface area contributed by atoms with E-state index < -0.39 is 11.7 Å². The molecule has 0 spiro atoms. The van der Waals surface area contributed by atoms with Crippen LogP contribution in [-0.4, -0.2) is 41.7 Å². The molecular weight excluding hydrogens is 386 g/mol. The number of hydrogen-bond acceptors (Lipinski definition) is 5. The predicted molar refractivity (Wildman–Crippen MR) is 114 cm³/mol. The molecule has 0 atom stereocenters. The number of carbonyl (C=O) groups is 3. The lowest BCUT2D eigenvalue weighted by atomic mass is 10.2. The second-order valence-electron chi connectivity index (χ2n) is 7.62. The van der Waals surface area contributed by atoms with Gasteiger partial charge in [0.1, 0.15) is 11.4 Å². The molecule has 0 aliphatic rings. The lowest BCUT2D eigenvalue weighted by molar-refractivity contribution is 0.0635. The third-order valence-electron chi connectivity index (χ3n) is 3.83. The molecule has 0 unspecified atom stereocenters. The minimum absolute atomic E-state index is 0.0298. The summed E-state index contributed by atoms with van der Waals surface area (Å²) >= 11 is 0. The van der Waals surface area contributed by atoms with E-state index >= 15 is 0 Å². The molecule has 160 valence electrons. The molecule has 4 N–H and O–H groups in total. The molecule has 0 radical (unpaired) electrons.